The van der Waals surface area contributed by atoms with Crippen LogP contribution < -0.4 is 9.64 Å². The number of carbonyl (C=O) groups excluding carboxylic acids is 2. The summed E-state index contributed by atoms with van der Waals surface area (Å²) in [6, 6.07) is 18.3. The molecule has 1 saturated heterocycles. The number of hydrogen-bond acceptors (Lipinski definition) is 5. The van der Waals surface area contributed by atoms with Crippen LogP contribution in [0.15, 0.2) is 78.4 Å². The van der Waals surface area contributed by atoms with E-state index in [-0.39, 0.29) is 17.1 Å². The molecule has 0 bridgehead atoms. The number of aliphatic hydroxyl groups is 1. The second-order valence-corrected chi connectivity index (χ2v) is 7.38. The summed E-state index contributed by atoms with van der Waals surface area (Å²) in [7, 11) is 1.47. The summed E-state index contributed by atoms with van der Waals surface area (Å²) in [5.74, 6) is -1.49. The first-order valence-electron chi connectivity index (χ1n) is 9.41. The smallest absolute Gasteiger partial charge is 0.300 e. The Balaban J connectivity index is 1.96. The van der Waals surface area contributed by atoms with Gasteiger partial charge in [0.2, 0.25) is 0 Å². The van der Waals surface area contributed by atoms with Gasteiger partial charge in [-0.2, -0.15) is 0 Å². The van der Waals surface area contributed by atoms with Gasteiger partial charge in [-0.05, 0) is 54.1 Å². The third kappa shape index (κ3) is 3.62. The van der Waals surface area contributed by atoms with E-state index in [0.29, 0.717) is 27.6 Å². The zero-order valence-corrected chi connectivity index (χ0v) is 17.2. The molecule has 0 aromatic heterocycles. The molecule has 0 spiro atoms. The normalized spacial score (nSPS) is 17.7. The van der Waals surface area contributed by atoms with Crippen LogP contribution in [0.25, 0.3) is 5.76 Å². The fourth-order valence-corrected chi connectivity index (χ4v) is 3.77. The van der Waals surface area contributed by atoms with Crippen molar-refractivity contribution < 1.29 is 24.5 Å². The lowest BCUT2D eigenvalue weighted by molar-refractivity contribution is -0.132. The van der Waals surface area contributed by atoms with E-state index in [2.05, 4.69) is 0 Å². The molecule has 0 saturated carbocycles. The van der Waals surface area contributed by atoms with Crippen molar-refractivity contribution in [2.45, 2.75) is 6.04 Å². The minimum Gasteiger partial charge on any atom is -0.508 e. The molecule has 1 amide bonds. The number of halogens is 1. The number of amides is 1. The van der Waals surface area contributed by atoms with Gasteiger partial charge in [0.15, 0.2) is 0 Å². The molecule has 0 aliphatic carbocycles. The molecular formula is C24H18ClNO5. The lowest BCUT2D eigenvalue weighted by Crippen LogP contribution is -2.29. The molecule has 4 rings (SSSR count). The summed E-state index contributed by atoms with van der Waals surface area (Å²) < 4.78 is 5.40. The van der Waals surface area contributed by atoms with E-state index < -0.39 is 17.7 Å². The number of phenolic OH excluding ortho intramolecular Hbond substituents is 1. The van der Waals surface area contributed by atoms with Gasteiger partial charge in [0.1, 0.15) is 17.3 Å². The van der Waals surface area contributed by atoms with Gasteiger partial charge in [0.25, 0.3) is 11.7 Å². The molecule has 7 heteroatoms. The summed E-state index contributed by atoms with van der Waals surface area (Å²) in [4.78, 5) is 27.5. The number of phenols is 1. The van der Waals surface area contributed by atoms with Gasteiger partial charge in [0, 0.05) is 10.6 Å². The van der Waals surface area contributed by atoms with Gasteiger partial charge < -0.3 is 14.9 Å². The Labute approximate surface area is 183 Å². The highest BCUT2D eigenvalue weighted by Gasteiger charge is 2.47. The zero-order valence-electron chi connectivity index (χ0n) is 16.4. The fraction of sp³-hybridized carbons (Fsp3) is 0.0833. The SMILES string of the molecule is COc1ccccc1N1C(=O)C(=O)/C(=C(/O)c2ccc(Cl)cc2)C1c1ccc(O)cc1. The van der Waals surface area contributed by atoms with Gasteiger partial charge >= 0.3 is 0 Å². The fourth-order valence-electron chi connectivity index (χ4n) is 3.65. The van der Waals surface area contributed by atoms with Crippen molar-refractivity contribution in [2.75, 3.05) is 12.0 Å². The van der Waals surface area contributed by atoms with Crippen LogP contribution in [-0.4, -0.2) is 29.0 Å². The van der Waals surface area contributed by atoms with Crippen LogP contribution >= 0.6 is 11.6 Å². The summed E-state index contributed by atoms with van der Waals surface area (Å²) >= 11 is 5.94. The molecule has 2 N–H and O–H groups in total. The lowest BCUT2D eigenvalue weighted by atomic mass is 9.95. The molecule has 1 aliphatic rings. The van der Waals surface area contributed by atoms with Gasteiger partial charge in [-0.25, -0.2) is 0 Å². The maximum Gasteiger partial charge on any atom is 0.300 e. The van der Waals surface area contributed by atoms with E-state index in [0.717, 1.165) is 0 Å². The van der Waals surface area contributed by atoms with E-state index in [4.69, 9.17) is 16.3 Å². The van der Waals surface area contributed by atoms with E-state index in [1.54, 1.807) is 60.7 Å². The highest BCUT2D eigenvalue weighted by Crippen LogP contribution is 2.45. The quantitative estimate of drug-likeness (QED) is 0.353. The third-order valence-corrected chi connectivity index (χ3v) is 5.37. The first-order valence-corrected chi connectivity index (χ1v) is 9.79. The van der Waals surface area contributed by atoms with Crippen LogP contribution in [0, 0.1) is 0 Å². The Morgan fingerprint density at radius 2 is 1.61 bits per heavy atom. The standard InChI is InChI=1S/C24H18ClNO5/c1-31-19-5-3-2-4-18(19)26-21(14-8-12-17(27)13-9-14)20(23(29)24(26)30)22(28)15-6-10-16(25)11-7-15/h2-13,21,27-28H,1H3/b22-20+. The Kier molecular flexibility index (Phi) is 5.40. The molecule has 1 atom stereocenters. The molecule has 31 heavy (non-hydrogen) atoms. The summed E-state index contributed by atoms with van der Waals surface area (Å²) in [6.45, 7) is 0. The molecular weight excluding hydrogens is 418 g/mol. The average Bonchev–Trinajstić information content (AvgIpc) is 3.04. The second kappa shape index (κ2) is 8.16. The van der Waals surface area contributed by atoms with E-state index in [9.17, 15) is 19.8 Å². The lowest BCUT2D eigenvalue weighted by Gasteiger charge is -2.26. The first kappa shape index (κ1) is 20.5. The van der Waals surface area contributed by atoms with E-state index >= 15 is 0 Å². The van der Waals surface area contributed by atoms with Crippen molar-refractivity contribution in [1.29, 1.82) is 0 Å². The molecule has 6 nitrogen and oxygen atoms in total. The highest BCUT2D eigenvalue weighted by molar-refractivity contribution is 6.52. The number of Topliss-reactive ketones (excluding diaryl/α,β-unsaturated/α-hetero) is 1. The van der Waals surface area contributed by atoms with Crippen LogP contribution in [0.2, 0.25) is 5.02 Å². The summed E-state index contributed by atoms with van der Waals surface area (Å²) in [5.41, 5.74) is 1.22. The molecule has 0 radical (unpaired) electrons. The Hall–Kier alpha value is -3.77. The largest absolute Gasteiger partial charge is 0.508 e. The number of ketones is 1. The minimum absolute atomic E-state index is 0.0377. The molecule has 1 fully saturated rings. The van der Waals surface area contributed by atoms with Crippen molar-refractivity contribution in [3.63, 3.8) is 0 Å². The predicted octanol–water partition coefficient (Wildman–Crippen LogP) is 4.68. The number of hydrogen-bond donors (Lipinski definition) is 2. The Morgan fingerprint density at radius 3 is 2.26 bits per heavy atom. The highest BCUT2D eigenvalue weighted by atomic mass is 35.5. The number of rotatable bonds is 4. The summed E-state index contributed by atoms with van der Waals surface area (Å²) in [6.07, 6.45) is 0. The van der Waals surface area contributed by atoms with Crippen molar-refractivity contribution >= 4 is 34.7 Å². The predicted molar refractivity (Wildman–Crippen MR) is 117 cm³/mol. The molecule has 3 aromatic carbocycles. The van der Waals surface area contributed by atoms with Crippen molar-refractivity contribution in [1.82, 2.24) is 0 Å². The number of para-hydroxylation sites is 2. The van der Waals surface area contributed by atoms with Crippen molar-refractivity contribution in [3.8, 4) is 11.5 Å². The van der Waals surface area contributed by atoms with Crippen LogP contribution in [0.3, 0.4) is 0 Å². The number of methoxy groups -OCH3 is 1. The first-order chi connectivity index (χ1) is 14.9. The molecule has 3 aromatic rings. The zero-order chi connectivity index (χ0) is 22.1. The van der Waals surface area contributed by atoms with Gasteiger partial charge in [0.05, 0.1) is 24.4 Å². The number of anilines is 1. The molecule has 1 heterocycles. The molecule has 1 unspecified atom stereocenters. The molecule has 1 aliphatic heterocycles. The van der Waals surface area contributed by atoms with Crippen LogP contribution in [0.5, 0.6) is 11.5 Å². The Morgan fingerprint density at radius 1 is 0.968 bits per heavy atom. The number of nitrogens with zero attached hydrogens (tertiary/aromatic N) is 1. The van der Waals surface area contributed by atoms with Crippen LogP contribution in [0.4, 0.5) is 5.69 Å². The number of carbonyl (C=O) groups is 2. The number of aromatic hydroxyl groups is 1. The van der Waals surface area contributed by atoms with E-state index in [1.807, 2.05) is 0 Å². The van der Waals surface area contributed by atoms with Gasteiger partial charge in [-0.1, -0.05) is 35.9 Å². The number of aliphatic hydroxyl groups excluding tert-OH is 1. The Bertz CT molecular complexity index is 1190. The van der Waals surface area contributed by atoms with Gasteiger partial charge in [-0.3, -0.25) is 14.5 Å². The minimum atomic E-state index is -0.924. The van der Waals surface area contributed by atoms with Gasteiger partial charge in [-0.15, -0.1) is 0 Å². The number of ether oxygens (including phenoxy) is 1. The van der Waals surface area contributed by atoms with Crippen LogP contribution in [0.1, 0.15) is 17.2 Å². The maximum absolute atomic E-state index is 13.1. The van der Waals surface area contributed by atoms with E-state index in [1.165, 1.54) is 24.1 Å². The number of benzene rings is 3. The van der Waals surface area contributed by atoms with Crippen molar-refractivity contribution in [3.05, 3.63) is 94.5 Å². The van der Waals surface area contributed by atoms with Crippen molar-refractivity contribution in [2.24, 2.45) is 0 Å². The molecule has 156 valence electrons. The topological polar surface area (TPSA) is 87.1 Å². The average molecular weight is 436 g/mol. The third-order valence-electron chi connectivity index (χ3n) is 5.12. The second-order valence-electron chi connectivity index (χ2n) is 6.94. The monoisotopic (exact) mass is 435 g/mol. The van der Waals surface area contributed by atoms with Crippen LogP contribution in [-0.2, 0) is 9.59 Å². The maximum atomic E-state index is 13.1. The summed E-state index contributed by atoms with van der Waals surface area (Å²) in [5, 5.41) is 21.2.